The summed E-state index contributed by atoms with van der Waals surface area (Å²) in [6.45, 7) is 7.25. The minimum absolute atomic E-state index is 0.127. The Balaban J connectivity index is 2.35. The minimum atomic E-state index is 0.127. The minimum Gasteiger partial charge on any atom is -0.308 e. The highest BCUT2D eigenvalue weighted by Crippen LogP contribution is 2.30. The van der Waals surface area contributed by atoms with Crippen LogP contribution in [0.1, 0.15) is 48.9 Å². The molecule has 1 unspecified atom stereocenters. The van der Waals surface area contributed by atoms with Crippen molar-refractivity contribution in [2.24, 2.45) is 0 Å². The SMILES string of the molecule is CCn1cc(C(NC)c2snnc2C(C)C)cn1. The molecule has 2 heterocycles. The summed E-state index contributed by atoms with van der Waals surface area (Å²) < 4.78 is 6.02. The van der Waals surface area contributed by atoms with Gasteiger partial charge in [-0.25, -0.2) is 0 Å². The van der Waals surface area contributed by atoms with Crippen molar-refractivity contribution in [3.8, 4) is 0 Å². The van der Waals surface area contributed by atoms with Gasteiger partial charge in [0.05, 0.1) is 22.8 Å². The molecule has 1 N–H and O–H groups in total. The van der Waals surface area contributed by atoms with Gasteiger partial charge in [0.2, 0.25) is 0 Å². The lowest BCUT2D eigenvalue weighted by atomic mass is 10.0. The molecule has 2 rings (SSSR count). The summed E-state index contributed by atoms with van der Waals surface area (Å²) in [6.07, 6.45) is 3.99. The van der Waals surface area contributed by atoms with E-state index in [1.165, 1.54) is 16.4 Å². The fourth-order valence-corrected chi connectivity index (χ4v) is 2.90. The molecular weight excluding hydrogens is 246 g/mol. The molecule has 0 amide bonds. The second-order valence-corrected chi connectivity index (χ2v) is 5.31. The van der Waals surface area contributed by atoms with Crippen LogP contribution in [0.25, 0.3) is 0 Å². The average Bonchev–Trinajstić information content (AvgIpc) is 2.98. The Morgan fingerprint density at radius 3 is 2.78 bits per heavy atom. The predicted molar refractivity (Wildman–Crippen MR) is 72.8 cm³/mol. The maximum atomic E-state index is 4.33. The molecule has 2 aromatic rings. The van der Waals surface area contributed by atoms with Crippen LogP contribution in [0.15, 0.2) is 12.4 Å². The maximum Gasteiger partial charge on any atom is 0.0832 e. The third-order valence-corrected chi connectivity index (χ3v) is 3.75. The molecule has 0 bridgehead atoms. The molecule has 0 saturated carbocycles. The predicted octanol–water partition coefficient (Wildman–Crippen LogP) is 2.19. The number of rotatable bonds is 5. The van der Waals surface area contributed by atoms with Crippen molar-refractivity contribution >= 4 is 11.5 Å². The molecule has 0 radical (unpaired) electrons. The zero-order valence-electron chi connectivity index (χ0n) is 11.2. The molecule has 5 nitrogen and oxygen atoms in total. The van der Waals surface area contributed by atoms with Crippen molar-refractivity contribution in [1.82, 2.24) is 24.7 Å². The van der Waals surface area contributed by atoms with E-state index in [1.54, 1.807) is 0 Å². The molecule has 0 spiro atoms. The van der Waals surface area contributed by atoms with Gasteiger partial charge in [0.25, 0.3) is 0 Å². The molecule has 2 aromatic heterocycles. The number of hydrogen-bond donors (Lipinski definition) is 1. The maximum absolute atomic E-state index is 4.33. The fraction of sp³-hybridized carbons (Fsp3) is 0.583. The number of aryl methyl sites for hydroxylation is 1. The summed E-state index contributed by atoms with van der Waals surface area (Å²) in [7, 11) is 1.96. The van der Waals surface area contributed by atoms with Crippen molar-refractivity contribution < 1.29 is 0 Å². The molecule has 6 heteroatoms. The molecule has 0 aliphatic carbocycles. The lowest BCUT2D eigenvalue weighted by Gasteiger charge is -2.14. The molecule has 0 aromatic carbocycles. The van der Waals surface area contributed by atoms with Gasteiger partial charge >= 0.3 is 0 Å². The first-order valence-electron chi connectivity index (χ1n) is 6.19. The second kappa shape index (κ2) is 5.58. The third-order valence-electron chi connectivity index (χ3n) is 2.95. The van der Waals surface area contributed by atoms with E-state index >= 15 is 0 Å². The Hall–Kier alpha value is -1.27. The van der Waals surface area contributed by atoms with Gasteiger partial charge in [-0.15, -0.1) is 5.10 Å². The van der Waals surface area contributed by atoms with E-state index < -0.39 is 0 Å². The van der Waals surface area contributed by atoms with Crippen LogP contribution in [0.3, 0.4) is 0 Å². The van der Waals surface area contributed by atoms with Gasteiger partial charge in [0.15, 0.2) is 0 Å². The lowest BCUT2D eigenvalue weighted by Crippen LogP contribution is -2.17. The zero-order chi connectivity index (χ0) is 13.1. The summed E-state index contributed by atoms with van der Waals surface area (Å²) in [5.74, 6) is 0.385. The van der Waals surface area contributed by atoms with Crippen LogP contribution in [0.5, 0.6) is 0 Å². The van der Waals surface area contributed by atoms with Crippen LogP contribution >= 0.6 is 11.5 Å². The Kier molecular flexibility index (Phi) is 4.08. The summed E-state index contributed by atoms with van der Waals surface area (Å²) in [6, 6.07) is 0.127. The third kappa shape index (κ3) is 2.44. The summed E-state index contributed by atoms with van der Waals surface area (Å²) >= 11 is 1.46. The normalized spacial score (nSPS) is 13.2. The van der Waals surface area contributed by atoms with Crippen LogP contribution in [-0.4, -0.2) is 26.4 Å². The molecular formula is C12H19N5S. The standard InChI is InChI=1S/C12H19N5S/c1-5-17-7-9(6-14-17)11(13-4)12-10(8(2)3)15-16-18-12/h6-8,11,13H,5H2,1-4H3. The van der Waals surface area contributed by atoms with Crippen LogP contribution in [0.2, 0.25) is 0 Å². The second-order valence-electron chi connectivity index (χ2n) is 4.53. The number of hydrogen-bond acceptors (Lipinski definition) is 5. The van der Waals surface area contributed by atoms with Gasteiger partial charge < -0.3 is 5.32 Å². The lowest BCUT2D eigenvalue weighted by molar-refractivity contribution is 0.652. The summed E-state index contributed by atoms with van der Waals surface area (Å²) in [5.41, 5.74) is 2.23. The molecule has 0 saturated heterocycles. The first-order valence-corrected chi connectivity index (χ1v) is 6.96. The van der Waals surface area contributed by atoms with E-state index in [9.17, 15) is 0 Å². The van der Waals surface area contributed by atoms with E-state index in [0.717, 1.165) is 17.8 Å². The molecule has 0 fully saturated rings. The van der Waals surface area contributed by atoms with E-state index in [4.69, 9.17) is 0 Å². The first-order chi connectivity index (χ1) is 8.67. The van der Waals surface area contributed by atoms with E-state index in [0.29, 0.717) is 5.92 Å². The molecule has 0 aliphatic heterocycles. The van der Waals surface area contributed by atoms with Crippen LogP contribution in [-0.2, 0) is 6.54 Å². The smallest absolute Gasteiger partial charge is 0.0832 e. The van der Waals surface area contributed by atoms with Crippen LogP contribution in [0.4, 0.5) is 0 Å². The monoisotopic (exact) mass is 265 g/mol. The van der Waals surface area contributed by atoms with Crippen molar-refractivity contribution in [1.29, 1.82) is 0 Å². The largest absolute Gasteiger partial charge is 0.308 e. The Bertz CT molecular complexity index is 502. The van der Waals surface area contributed by atoms with Crippen LogP contribution in [0, 0.1) is 0 Å². The zero-order valence-corrected chi connectivity index (χ0v) is 12.0. The van der Waals surface area contributed by atoms with Gasteiger partial charge in [-0.05, 0) is 31.4 Å². The topological polar surface area (TPSA) is 55.6 Å². The summed E-state index contributed by atoms with van der Waals surface area (Å²) in [5, 5.41) is 11.9. The Morgan fingerprint density at radius 1 is 1.44 bits per heavy atom. The van der Waals surface area contributed by atoms with Gasteiger partial charge in [-0.2, -0.15) is 5.10 Å². The van der Waals surface area contributed by atoms with Crippen molar-refractivity contribution in [2.45, 2.75) is 39.3 Å². The molecule has 18 heavy (non-hydrogen) atoms. The van der Waals surface area contributed by atoms with E-state index in [-0.39, 0.29) is 6.04 Å². The molecule has 1 atom stereocenters. The van der Waals surface area contributed by atoms with Crippen LogP contribution < -0.4 is 5.32 Å². The molecule has 0 aliphatic rings. The van der Waals surface area contributed by atoms with Crippen molar-refractivity contribution in [2.75, 3.05) is 7.05 Å². The van der Waals surface area contributed by atoms with Crippen molar-refractivity contribution in [3.63, 3.8) is 0 Å². The molecule has 98 valence electrons. The van der Waals surface area contributed by atoms with E-state index in [2.05, 4.69) is 47.0 Å². The fourth-order valence-electron chi connectivity index (χ4n) is 1.96. The Labute approximate surface area is 111 Å². The number of nitrogens with zero attached hydrogens (tertiary/aromatic N) is 4. The highest BCUT2D eigenvalue weighted by atomic mass is 32.1. The van der Waals surface area contributed by atoms with Crippen molar-refractivity contribution in [3.05, 3.63) is 28.5 Å². The average molecular weight is 265 g/mol. The van der Waals surface area contributed by atoms with Gasteiger partial charge in [-0.3, -0.25) is 4.68 Å². The highest BCUT2D eigenvalue weighted by Gasteiger charge is 2.22. The van der Waals surface area contributed by atoms with Gasteiger partial charge in [-0.1, -0.05) is 18.3 Å². The number of nitrogens with one attached hydrogen (secondary N) is 1. The summed E-state index contributed by atoms with van der Waals surface area (Å²) in [4.78, 5) is 1.18. The number of aromatic nitrogens is 4. The first kappa shape index (κ1) is 13.2. The Morgan fingerprint density at radius 2 is 2.22 bits per heavy atom. The van der Waals surface area contributed by atoms with Gasteiger partial charge in [0.1, 0.15) is 0 Å². The van der Waals surface area contributed by atoms with Gasteiger partial charge in [0, 0.05) is 18.3 Å². The van der Waals surface area contributed by atoms with E-state index in [1.807, 2.05) is 17.9 Å². The highest BCUT2D eigenvalue weighted by molar-refractivity contribution is 7.05. The quantitative estimate of drug-likeness (QED) is 0.900.